The summed E-state index contributed by atoms with van der Waals surface area (Å²) in [5, 5.41) is 5.58. The summed E-state index contributed by atoms with van der Waals surface area (Å²) in [5.74, 6) is 0. The molecular weight excluding hydrogens is 188 g/mol. The van der Waals surface area contributed by atoms with Crippen LogP contribution < -0.4 is 10.6 Å². The van der Waals surface area contributed by atoms with Gasteiger partial charge in [0.25, 0.3) is 0 Å². The summed E-state index contributed by atoms with van der Waals surface area (Å²) in [5.41, 5.74) is 2.34. The predicted octanol–water partition coefficient (Wildman–Crippen LogP) is 2.20. The van der Waals surface area contributed by atoms with Crippen molar-refractivity contribution in [1.82, 2.24) is 10.6 Å². The van der Waals surface area contributed by atoms with Gasteiger partial charge >= 0.3 is 6.03 Å². The molecule has 0 aliphatic rings. The lowest BCUT2D eigenvalue weighted by Gasteiger charge is -2.06. The molecule has 0 aliphatic heterocycles. The number of hydrogen-bond acceptors (Lipinski definition) is 1. The van der Waals surface area contributed by atoms with Gasteiger partial charge in [-0.3, -0.25) is 0 Å². The summed E-state index contributed by atoms with van der Waals surface area (Å²) in [7, 11) is 0. The molecule has 0 bridgehead atoms. The van der Waals surface area contributed by atoms with Crippen molar-refractivity contribution in [2.45, 2.75) is 26.8 Å². The number of carbonyl (C=O) groups is 1. The topological polar surface area (TPSA) is 41.1 Å². The molecule has 2 amide bonds. The zero-order chi connectivity index (χ0) is 11.1. The Hall–Kier alpha value is -1.51. The Morgan fingerprint density at radius 2 is 2.13 bits per heavy atom. The maximum Gasteiger partial charge on any atom is 0.315 e. The van der Waals surface area contributed by atoms with Gasteiger partial charge in [0.15, 0.2) is 0 Å². The fraction of sp³-hybridized carbons (Fsp3) is 0.417. The maximum atomic E-state index is 11.2. The molecule has 82 valence electrons. The van der Waals surface area contributed by atoms with E-state index in [2.05, 4.69) is 16.7 Å². The molecule has 0 aliphatic carbocycles. The summed E-state index contributed by atoms with van der Waals surface area (Å²) < 4.78 is 0. The lowest BCUT2D eigenvalue weighted by molar-refractivity contribution is 0.240. The second kappa shape index (κ2) is 6.06. The van der Waals surface area contributed by atoms with Gasteiger partial charge in [-0.25, -0.2) is 4.79 Å². The molecule has 3 nitrogen and oxygen atoms in total. The second-order valence-electron chi connectivity index (χ2n) is 3.60. The molecule has 0 unspecified atom stereocenters. The van der Waals surface area contributed by atoms with Crippen LogP contribution in [0.3, 0.4) is 0 Å². The van der Waals surface area contributed by atoms with Crippen LogP contribution in [0.5, 0.6) is 0 Å². The van der Waals surface area contributed by atoms with Crippen LogP contribution in [0.25, 0.3) is 0 Å². The SMILES string of the molecule is CCCNC(=O)NCc1cccc(C)c1. The number of aryl methyl sites for hydroxylation is 1. The number of benzene rings is 1. The van der Waals surface area contributed by atoms with Crippen LogP contribution in [0.15, 0.2) is 24.3 Å². The molecule has 0 saturated carbocycles. The molecule has 1 rings (SSSR count). The Morgan fingerprint density at radius 3 is 2.80 bits per heavy atom. The number of nitrogens with one attached hydrogen (secondary N) is 2. The average Bonchev–Trinajstić information content (AvgIpc) is 2.23. The van der Waals surface area contributed by atoms with E-state index in [9.17, 15) is 4.79 Å². The standard InChI is InChI=1S/C12H18N2O/c1-3-7-13-12(15)14-9-11-6-4-5-10(2)8-11/h4-6,8H,3,7,9H2,1-2H3,(H2,13,14,15). The maximum absolute atomic E-state index is 11.2. The first kappa shape index (κ1) is 11.6. The minimum atomic E-state index is -0.0987. The average molecular weight is 206 g/mol. The molecule has 1 aromatic carbocycles. The van der Waals surface area contributed by atoms with E-state index in [4.69, 9.17) is 0 Å². The van der Waals surface area contributed by atoms with Gasteiger partial charge in [-0.1, -0.05) is 36.8 Å². The summed E-state index contributed by atoms with van der Waals surface area (Å²) in [4.78, 5) is 11.2. The predicted molar refractivity (Wildman–Crippen MR) is 61.7 cm³/mol. The van der Waals surface area contributed by atoms with E-state index in [1.807, 2.05) is 32.0 Å². The molecule has 0 saturated heterocycles. The molecule has 0 heterocycles. The van der Waals surface area contributed by atoms with Crippen molar-refractivity contribution in [1.29, 1.82) is 0 Å². The van der Waals surface area contributed by atoms with Gasteiger partial charge in [-0.15, -0.1) is 0 Å². The van der Waals surface area contributed by atoms with E-state index in [1.54, 1.807) is 0 Å². The smallest absolute Gasteiger partial charge is 0.315 e. The highest BCUT2D eigenvalue weighted by Gasteiger charge is 1.98. The first-order chi connectivity index (χ1) is 7.22. The number of amides is 2. The zero-order valence-corrected chi connectivity index (χ0v) is 9.34. The van der Waals surface area contributed by atoms with E-state index in [0.29, 0.717) is 6.54 Å². The van der Waals surface area contributed by atoms with E-state index in [-0.39, 0.29) is 6.03 Å². The van der Waals surface area contributed by atoms with Crippen LogP contribution in [0, 0.1) is 6.92 Å². The Labute approximate surface area is 90.9 Å². The van der Waals surface area contributed by atoms with Crippen LogP contribution in [-0.4, -0.2) is 12.6 Å². The van der Waals surface area contributed by atoms with Crippen LogP contribution >= 0.6 is 0 Å². The first-order valence-electron chi connectivity index (χ1n) is 5.29. The zero-order valence-electron chi connectivity index (χ0n) is 9.34. The van der Waals surface area contributed by atoms with Gasteiger partial charge in [0.2, 0.25) is 0 Å². The molecule has 0 spiro atoms. The molecule has 15 heavy (non-hydrogen) atoms. The third kappa shape index (κ3) is 4.49. The normalized spacial score (nSPS) is 9.73. The van der Waals surface area contributed by atoms with E-state index in [1.165, 1.54) is 5.56 Å². The molecule has 0 fully saturated rings. The third-order valence-electron chi connectivity index (χ3n) is 2.07. The van der Waals surface area contributed by atoms with Crippen molar-refractivity contribution >= 4 is 6.03 Å². The lowest BCUT2D eigenvalue weighted by Crippen LogP contribution is -2.35. The van der Waals surface area contributed by atoms with Gasteiger partial charge in [-0.05, 0) is 18.9 Å². The molecule has 2 N–H and O–H groups in total. The Balaban J connectivity index is 2.33. The van der Waals surface area contributed by atoms with E-state index >= 15 is 0 Å². The fourth-order valence-corrected chi connectivity index (χ4v) is 1.31. The number of hydrogen-bond donors (Lipinski definition) is 2. The van der Waals surface area contributed by atoms with Gasteiger partial charge < -0.3 is 10.6 Å². The largest absolute Gasteiger partial charge is 0.338 e. The fourth-order valence-electron chi connectivity index (χ4n) is 1.31. The first-order valence-corrected chi connectivity index (χ1v) is 5.29. The van der Waals surface area contributed by atoms with Gasteiger partial charge in [0.05, 0.1) is 0 Å². The number of carbonyl (C=O) groups excluding carboxylic acids is 1. The molecular formula is C12H18N2O. The van der Waals surface area contributed by atoms with Crippen LogP contribution in [0.2, 0.25) is 0 Å². The van der Waals surface area contributed by atoms with Crippen LogP contribution in [0.4, 0.5) is 4.79 Å². The highest BCUT2D eigenvalue weighted by molar-refractivity contribution is 5.73. The molecule has 3 heteroatoms. The molecule has 1 aromatic rings. The summed E-state index contributed by atoms with van der Waals surface area (Å²) in [6.07, 6.45) is 0.956. The minimum absolute atomic E-state index is 0.0987. The summed E-state index contributed by atoms with van der Waals surface area (Å²) in [6.45, 7) is 5.37. The molecule has 0 aromatic heterocycles. The van der Waals surface area contributed by atoms with E-state index < -0.39 is 0 Å². The van der Waals surface area contributed by atoms with Crippen LogP contribution in [-0.2, 0) is 6.54 Å². The van der Waals surface area contributed by atoms with Gasteiger partial charge in [-0.2, -0.15) is 0 Å². The molecule has 0 atom stereocenters. The second-order valence-corrected chi connectivity index (χ2v) is 3.60. The van der Waals surface area contributed by atoms with Gasteiger partial charge in [0.1, 0.15) is 0 Å². The number of urea groups is 1. The summed E-state index contributed by atoms with van der Waals surface area (Å²) >= 11 is 0. The number of rotatable bonds is 4. The van der Waals surface area contributed by atoms with Crippen molar-refractivity contribution in [3.63, 3.8) is 0 Å². The molecule has 0 radical (unpaired) electrons. The Bertz CT molecular complexity index is 323. The monoisotopic (exact) mass is 206 g/mol. The van der Waals surface area contributed by atoms with Crippen molar-refractivity contribution in [3.05, 3.63) is 35.4 Å². The van der Waals surface area contributed by atoms with Crippen molar-refractivity contribution < 1.29 is 4.79 Å². The highest BCUT2D eigenvalue weighted by atomic mass is 16.2. The summed E-state index contributed by atoms with van der Waals surface area (Å²) in [6, 6.07) is 8.02. The quantitative estimate of drug-likeness (QED) is 0.779. The van der Waals surface area contributed by atoms with Crippen LogP contribution in [0.1, 0.15) is 24.5 Å². The van der Waals surface area contributed by atoms with E-state index in [0.717, 1.165) is 18.5 Å². The van der Waals surface area contributed by atoms with Crippen molar-refractivity contribution in [2.24, 2.45) is 0 Å². The third-order valence-corrected chi connectivity index (χ3v) is 2.07. The Kier molecular flexibility index (Phi) is 4.68. The van der Waals surface area contributed by atoms with Crippen molar-refractivity contribution in [2.75, 3.05) is 6.54 Å². The van der Waals surface area contributed by atoms with Crippen molar-refractivity contribution in [3.8, 4) is 0 Å². The Morgan fingerprint density at radius 1 is 1.33 bits per heavy atom. The highest BCUT2D eigenvalue weighted by Crippen LogP contribution is 2.02. The van der Waals surface area contributed by atoms with Gasteiger partial charge in [0, 0.05) is 13.1 Å². The minimum Gasteiger partial charge on any atom is -0.338 e. The lowest BCUT2D eigenvalue weighted by atomic mass is 10.1.